The minimum Gasteiger partial charge on any atom is -0.396 e. The Bertz CT molecular complexity index is 325. The van der Waals surface area contributed by atoms with Gasteiger partial charge < -0.3 is 5.11 Å². The normalized spacial score (nSPS) is 16.7. The minimum absolute atomic E-state index is 0.300. The van der Waals surface area contributed by atoms with Gasteiger partial charge in [0.1, 0.15) is 0 Å². The highest BCUT2D eigenvalue weighted by Crippen LogP contribution is 2.30. The fourth-order valence-corrected chi connectivity index (χ4v) is 3.54. The molecule has 0 atom stereocenters. The van der Waals surface area contributed by atoms with Gasteiger partial charge in [0, 0.05) is 35.1 Å². The summed E-state index contributed by atoms with van der Waals surface area (Å²) in [6.07, 6.45) is 4.91. The van der Waals surface area contributed by atoms with Gasteiger partial charge >= 0.3 is 0 Å². The fraction of sp³-hybridized carbons (Fsp3) is 0.667. The van der Waals surface area contributed by atoms with Crippen LogP contribution in [0.5, 0.6) is 0 Å². The van der Waals surface area contributed by atoms with E-state index < -0.39 is 0 Å². The second-order valence-corrected chi connectivity index (χ2v) is 6.18. The predicted octanol–water partition coefficient (Wildman–Crippen LogP) is 3.25. The topological polar surface area (TPSA) is 23.5 Å². The number of rotatable bonds is 6. The third-order valence-corrected chi connectivity index (χ3v) is 5.14. The first-order valence-electron chi connectivity index (χ1n) is 5.88. The Morgan fingerprint density at radius 1 is 1.50 bits per heavy atom. The van der Waals surface area contributed by atoms with Crippen LogP contribution in [0.15, 0.2) is 15.9 Å². The molecule has 0 bridgehead atoms. The van der Waals surface area contributed by atoms with E-state index in [-0.39, 0.29) is 0 Å². The highest BCUT2D eigenvalue weighted by molar-refractivity contribution is 9.10. The van der Waals surface area contributed by atoms with Crippen LogP contribution < -0.4 is 0 Å². The molecule has 1 N–H and O–H groups in total. The zero-order valence-electron chi connectivity index (χ0n) is 9.36. The molecular weight excluding hydrogens is 286 g/mol. The molecule has 1 aliphatic rings. The molecule has 1 aromatic rings. The first-order valence-corrected chi connectivity index (χ1v) is 7.55. The number of aliphatic hydroxyl groups excluding tert-OH is 1. The highest BCUT2D eigenvalue weighted by atomic mass is 79.9. The van der Waals surface area contributed by atoms with Gasteiger partial charge in [-0.1, -0.05) is 6.42 Å². The van der Waals surface area contributed by atoms with E-state index in [9.17, 15) is 0 Å². The van der Waals surface area contributed by atoms with Crippen molar-refractivity contribution in [1.29, 1.82) is 0 Å². The van der Waals surface area contributed by atoms with Gasteiger partial charge in [-0.15, -0.1) is 11.3 Å². The second-order valence-electron chi connectivity index (χ2n) is 4.32. The van der Waals surface area contributed by atoms with Crippen molar-refractivity contribution in [2.45, 2.75) is 38.3 Å². The lowest BCUT2D eigenvalue weighted by atomic mass is 9.91. The zero-order chi connectivity index (χ0) is 11.4. The molecule has 16 heavy (non-hydrogen) atoms. The second kappa shape index (κ2) is 6.15. The standard InChI is InChI=1S/C12H18BrNOS/c13-11-5-8-16-12(11)9-14(6-2-7-15)10-3-1-4-10/h5,8,10,15H,1-4,6-7,9H2. The molecule has 1 heterocycles. The van der Waals surface area contributed by atoms with E-state index in [0.717, 1.165) is 25.6 Å². The van der Waals surface area contributed by atoms with Crippen LogP contribution >= 0.6 is 27.3 Å². The number of hydrogen-bond donors (Lipinski definition) is 1. The lowest BCUT2D eigenvalue weighted by Crippen LogP contribution is -2.40. The van der Waals surface area contributed by atoms with Crippen molar-refractivity contribution in [1.82, 2.24) is 4.90 Å². The van der Waals surface area contributed by atoms with Gasteiger partial charge in [0.05, 0.1) is 0 Å². The van der Waals surface area contributed by atoms with Crippen LogP contribution in [0.3, 0.4) is 0 Å². The van der Waals surface area contributed by atoms with Crippen LogP contribution in [0.25, 0.3) is 0 Å². The number of nitrogens with zero attached hydrogens (tertiary/aromatic N) is 1. The molecule has 0 amide bonds. The molecule has 1 aliphatic carbocycles. The summed E-state index contributed by atoms with van der Waals surface area (Å²) in [5, 5.41) is 11.1. The van der Waals surface area contributed by atoms with Crippen LogP contribution in [0.4, 0.5) is 0 Å². The third kappa shape index (κ3) is 3.06. The summed E-state index contributed by atoms with van der Waals surface area (Å²) < 4.78 is 1.23. The average Bonchev–Trinajstić information content (AvgIpc) is 2.58. The molecule has 1 fully saturated rings. The first kappa shape index (κ1) is 12.6. The van der Waals surface area contributed by atoms with E-state index in [2.05, 4.69) is 32.3 Å². The zero-order valence-corrected chi connectivity index (χ0v) is 11.8. The molecule has 1 aromatic heterocycles. The number of hydrogen-bond acceptors (Lipinski definition) is 3. The largest absolute Gasteiger partial charge is 0.396 e. The molecule has 0 spiro atoms. The maximum Gasteiger partial charge on any atom is 0.0443 e. The summed E-state index contributed by atoms with van der Waals surface area (Å²) in [5.74, 6) is 0. The molecule has 2 rings (SSSR count). The van der Waals surface area contributed by atoms with Gasteiger partial charge in [-0.3, -0.25) is 4.90 Å². The van der Waals surface area contributed by atoms with Gasteiger partial charge in [0.25, 0.3) is 0 Å². The fourth-order valence-electron chi connectivity index (χ4n) is 2.04. The smallest absolute Gasteiger partial charge is 0.0443 e. The van der Waals surface area contributed by atoms with E-state index in [1.54, 1.807) is 0 Å². The van der Waals surface area contributed by atoms with Gasteiger partial charge in [-0.25, -0.2) is 0 Å². The SMILES string of the molecule is OCCCN(Cc1sccc1Br)C1CCC1. The average molecular weight is 304 g/mol. The van der Waals surface area contributed by atoms with Gasteiger partial charge in [-0.2, -0.15) is 0 Å². The molecule has 0 unspecified atom stereocenters. The third-order valence-electron chi connectivity index (χ3n) is 3.23. The summed E-state index contributed by atoms with van der Waals surface area (Å²) in [7, 11) is 0. The maximum atomic E-state index is 8.94. The number of halogens is 1. The Balaban J connectivity index is 1.93. The highest BCUT2D eigenvalue weighted by Gasteiger charge is 2.25. The Hall–Kier alpha value is 0.100. The van der Waals surface area contributed by atoms with Crippen molar-refractivity contribution in [2.75, 3.05) is 13.2 Å². The molecule has 4 heteroatoms. The summed E-state index contributed by atoms with van der Waals surface area (Å²) in [4.78, 5) is 3.93. The first-order chi connectivity index (χ1) is 7.81. The summed E-state index contributed by atoms with van der Waals surface area (Å²) in [5.41, 5.74) is 0. The van der Waals surface area contributed by atoms with Crippen molar-refractivity contribution in [2.24, 2.45) is 0 Å². The molecule has 0 aromatic carbocycles. The summed E-state index contributed by atoms with van der Waals surface area (Å²) >= 11 is 5.40. The van der Waals surface area contributed by atoms with Crippen LogP contribution in [-0.4, -0.2) is 29.2 Å². The quantitative estimate of drug-likeness (QED) is 0.872. The Labute approximate surface area is 109 Å². The number of thiophene rings is 1. The van der Waals surface area contributed by atoms with Gasteiger partial charge in [-0.05, 0) is 46.6 Å². The van der Waals surface area contributed by atoms with E-state index in [1.807, 2.05) is 11.3 Å². The van der Waals surface area contributed by atoms with E-state index in [4.69, 9.17) is 5.11 Å². The van der Waals surface area contributed by atoms with Crippen LogP contribution in [0, 0.1) is 0 Å². The van der Waals surface area contributed by atoms with Crippen molar-refractivity contribution in [3.8, 4) is 0 Å². The van der Waals surface area contributed by atoms with Gasteiger partial charge in [0.15, 0.2) is 0 Å². The lowest BCUT2D eigenvalue weighted by Gasteiger charge is -2.37. The molecular formula is C12H18BrNOS. The minimum atomic E-state index is 0.300. The van der Waals surface area contributed by atoms with Crippen LogP contribution in [0.1, 0.15) is 30.6 Å². The predicted molar refractivity (Wildman–Crippen MR) is 71.8 cm³/mol. The molecule has 2 nitrogen and oxygen atoms in total. The van der Waals surface area contributed by atoms with Crippen LogP contribution in [-0.2, 0) is 6.54 Å². The Morgan fingerprint density at radius 3 is 2.81 bits per heavy atom. The Morgan fingerprint density at radius 2 is 2.31 bits per heavy atom. The number of aliphatic hydroxyl groups is 1. The molecule has 90 valence electrons. The Kier molecular flexibility index (Phi) is 4.82. The van der Waals surface area contributed by atoms with Crippen molar-refractivity contribution >= 4 is 27.3 Å². The monoisotopic (exact) mass is 303 g/mol. The van der Waals surface area contributed by atoms with Crippen molar-refractivity contribution in [3.63, 3.8) is 0 Å². The van der Waals surface area contributed by atoms with Crippen molar-refractivity contribution < 1.29 is 5.11 Å². The molecule has 0 saturated heterocycles. The molecule has 1 saturated carbocycles. The summed E-state index contributed by atoms with van der Waals surface area (Å²) in [6, 6.07) is 2.87. The van der Waals surface area contributed by atoms with Gasteiger partial charge in [0.2, 0.25) is 0 Å². The van der Waals surface area contributed by atoms with Crippen LogP contribution in [0.2, 0.25) is 0 Å². The van der Waals surface area contributed by atoms with E-state index in [0.29, 0.717) is 6.61 Å². The summed E-state index contributed by atoms with van der Waals surface area (Å²) in [6.45, 7) is 2.35. The molecule has 0 radical (unpaired) electrons. The lowest BCUT2D eigenvalue weighted by molar-refractivity contribution is 0.110. The van der Waals surface area contributed by atoms with Crippen molar-refractivity contribution in [3.05, 3.63) is 20.8 Å². The maximum absolute atomic E-state index is 8.94. The van der Waals surface area contributed by atoms with E-state index >= 15 is 0 Å². The molecule has 0 aliphatic heterocycles. The van der Waals surface area contributed by atoms with E-state index in [1.165, 1.54) is 28.6 Å².